The lowest BCUT2D eigenvalue weighted by Gasteiger charge is -2.27. The molecule has 8 aromatic rings. The van der Waals surface area contributed by atoms with Gasteiger partial charge >= 0.3 is 0 Å². The molecule has 358 valence electrons. The number of para-hydroxylation sites is 2. The van der Waals surface area contributed by atoms with Crippen molar-refractivity contribution in [1.29, 1.82) is 0 Å². The van der Waals surface area contributed by atoms with Gasteiger partial charge in [0.25, 0.3) is 0 Å². The number of benzene rings is 8. The van der Waals surface area contributed by atoms with Crippen molar-refractivity contribution in [3.63, 3.8) is 0 Å². The van der Waals surface area contributed by atoms with Gasteiger partial charge in [-0.05, 0) is 120 Å². The predicted molar refractivity (Wildman–Crippen MR) is 309 cm³/mol. The van der Waals surface area contributed by atoms with Crippen molar-refractivity contribution in [1.82, 2.24) is 4.58 Å². The van der Waals surface area contributed by atoms with Crippen molar-refractivity contribution < 1.29 is 0 Å². The highest BCUT2D eigenvalue weighted by Gasteiger charge is 2.42. The summed E-state index contributed by atoms with van der Waals surface area (Å²) >= 11 is 0. The topological polar surface area (TPSA) is 9.49 Å². The molecule has 0 amide bonds. The van der Waals surface area contributed by atoms with Crippen LogP contribution in [0.1, 0.15) is 86.8 Å². The molecule has 0 unspecified atom stereocenters. The second kappa shape index (κ2) is 19.6. The maximum absolute atomic E-state index is 2.63. The number of aryl methyl sites for hydroxylation is 4. The van der Waals surface area contributed by atoms with Gasteiger partial charge in [0.05, 0.1) is 0 Å². The Kier molecular flexibility index (Phi) is 12.8. The Morgan fingerprint density at radius 2 is 0.847 bits per heavy atom. The van der Waals surface area contributed by atoms with Crippen LogP contribution in [-0.4, -0.2) is 18.8 Å². The maximum atomic E-state index is 2.63. The molecule has 72 heavy (non-hydrogen) atoms. The van der Waals surface area contributed by atoms with Crippen molar-refractivity contribution in [2.24, 2.45) is 0 Å². The van der Waals surface area contributed by atoms with E-state index in [0.717, 1.165) is 63.0 Å². The average molecular weight is 939 g/mol. The fourth-order valence-electron chi connectivity index (χ4n) is 12.2. The SMILES string of the molecule is Cc1ccc2c(c1)C(C)(C)/C(=C\C=C1/CC/C(=C\C=C3\N(CCCc4cccc5ccccc45)c4ccc(C)cc4C3(C)C)C1=[N+](c1ccccc1)c1ccccc1)N2CCCc1cccc2ccccc12. The zero-order valence-corrected chi connectivity index (χ0v) is 43.1. The molecule has 2 aliphatic heterocycles. The summed E-state index contributed by atoms with van der Waals surface area (Å²) in [5.74, 6) is 0. The summed E-state index contributed by atoms with van der Waals surface area (Å²) in [6.07, 6.45) is 16.0. The fraction of sp³-hybridized carbons (Fsp3) is 0.232. The lowest BCUT2D eigenvalue weighted by atomic mass is 9.83. The second-order valence-electron chi connectivity index (χ2n) is 21.4. The van der Waals surface area contributed by atoms with Crippen molar-refractivity contribution in [2.45, 2.75) is 90.9 Å². The molecule has 0 saturated heterocycles. The summed E-state index contributed by atoms with van der Waals surface area (Å²) in [4.78, 5) is 5.27. The minimum absolute atomic E-state index is 0.170. The minimum atomic E-state index is -0.170. The first-order valence-electron chi connectivity index (χ1n) is 26.4. The molecule has 0 radical (unpaired) electrons. The lowest BCUT2D eigenvalue weighted by molar-refractivity contribution is 0.625. The molecule has 3 nitrogen and oxygen atoms in total. The number of hydrogen-bond donors (Lipinski definition) is 0. The van der Waals surface area contributed by atoms with Crippen molar-refractivity contribution >= 4 is 50.0 Å². The molecule has 1 saturated carbocycles. The van der Waals surface area contributed by atoms with Crippen LogP contribution in [-0.2, 0) is 23.7 Å². The van der Waals surface area contributed by atoms with E-state index in [0.29, 0.717) is 0 Å². The Morgan fingerprint density at radius 3 is 1.29 bits per heavy atom. The first kappa shape index (κ1) is 46.9. The van der Waals surface area contributed by atoms with Gasteiger partial charge in [-0.25, -0.2) is 0 Å². The molecule has 0 N–H and O–H groups in total. The van der Waals surface area contributed by atoms with E-state index < -0.39 is 0 Å². The van der Waals surface area contributed by atoms with Crippen LogP contribution in [0.15, 0.2) is 229 Å². The van der Waals surface area contributed by atoms with Crippen LogP contribution in [0.5, 0.6) is 0 Å². The van der Waals surface area contributed by atoms with E-state index in [1.165, 1.54) is 94.6 Å². The maximum Gasteiger partial charge on any atom is 0.218 e. The molecule has 0 spiro atoms. The largest absolute Gasteiger partial charge is 0.344 e. The number of fused-ring (bicyclic) bond motifs is 4. The third-order valence-corrected chi connectivity index (χ3v) is 15.9. The van der Waals surface area contributed by atoms with Gasteiger partial charge in [-0.1, -0.05) is 197 Å². The highest BCUT2D eigenvalue weighted by molar-refractivity contribution is 6.17. The van der Waals surface area contributed by atoms with E-state index in [1.807, 2.05) is 0 Å². The number of nitrogens with zero attached hydrogens (tertiary/aromatic N) is 3. The van der Waals surface area contributed by atoms with Gasteiger partial charge in [0.2, 0.25) is 17.1 Å². The lowest BCUT2D eigenvalue weighted by Crippen LogP contribution is -2.27. The molecule has 8 aromatic carbocycles. The van der Waals surface area contributed by atoms with Gasteiger partial charge in [-0.3, -0.25) is 0 Å². The average Bonchev–Trinajstić information content (AvgIpc) is 3.96. The Bertz CT molecular complexity index is 3250. The highest BCUT2D eigenvalue weighted by Crippen LogP contribution is 2.50. The standard InChI is InChI=1S/C69H68N3/c1-49-35-41-63-61(47-49)68(3,4)65(70(63)45-19-27-53-25-17-23-51-21-13-15-33-59(51)53)43-39-55-37-38-56(67(55)72(57-29-9-7-10-30-57)58-31-11-8-12-32-58)40-44-66-69(5,6)62-48-50(2)36-42-64(62)71(66)46-20-28-54-26-18-24-52-22-14-16-34-60(52)54/h7-18,21-26,29-36,39-44,47-48H,19-20,27-28,37-38,45-46H2,1-6H3/q+1. The smallest absolute Gasteiger partial charge is 0.218 e. The summed E-state index contributed by atoms with van der Waals surface area (Å²) in [5.41, 5.74) is 19.6. The molecule has 11 rings (SSSR count). The Balaban J connectivity index is 0.998. The van der Waals surface area contributed by atoms with E-state index in [9.17, 15) is 0 Å². The molecule has 2 heterocycles. The van der Waals surface area contributed by atoms with Crippen LogP contribution in [0, 0.1) is 13.8 Å². The molecule has 3 aliphatic rings. The summed E-state index contributed by atoms with van der Waals surface area (Å²) in [7, 11) is 0. The third kappa shape index (κ3) is 8.85. The first-order chi connectivity index (χ1) is 35.1. The highest BCUT2D eigenvalue weighted by atomic mass is 15.2. The van der Waals surface area contributed by atoms with Crippen LogP contribution in [0.3, 0.4) is 0 Å². The Morgan fingerprint density at radius 1 is 0.444 bits per heavy atom. The molecule has 1 aliphatic carbocycles. The number of allylic oxidation sites excluding steroid dienone is 8. The molecule has 1 fully saturated rings. The zero-order chi connectivity index (χ0) is 49.4. The van der Waals surface area contributed by atoms with E-state index >= 15 is 0 Å². The van der Waals surface area contributed by atoms with Crippen LogP contribution in [0.4, 0.5) is 22.7 Å². The zero-order valence-electron chi connectivity index (χ0n) is 43.1. The van der Waals surface area contributed by atoms with Crippen molar-refractivity contribution in [3.05, 3.63) is 262 Å². The summed E-state index contributed by atoms with van der Waals surface area (Å²) < 4.78 is 2.52. The van der Waals surface area contributed by atoms with Crippen LogP contribution >= 0.6 is 0 Å². The van der Waals surface area contributed by atoms with Gasteiger partial charge in [0, 0.05) is 82.1 Å². The fourth-order valence-corrected chi connectivity index (χ4v) is 12.2. The van der Waals surface area contributed by atoms with Crippen molar-refractivity contribution in [3.8, 4) is 0 Å². The van der Waals surface area contributed by atoms with Crippen molar-refractivity contribution in [2.75, 3.05) is 22.9 Å². The summed E-state index contributed by atoms with van der Waals surface area (Å²) in [6.45, 7) is 16.1. The monoisotopic (exact) mass is 939 g/mol. The van der Waals surface area contributed by atoms with E-state index in [-0.39, 0.29) is 10.8 Å². The Hall–Kier alpha value is -7.49. The van der Waals surface area contributed by atoms with E-state index in [2.05, 4.69) is 262 Å². The predicted octanol–water partition coefficient (Wildman–Crippen LogP) is 17.2. The van der Waals surface area contributed by atoms with Gasteiger partial charge in [-0.15, -0.1) is 0 Å². The number of rotatable bonds is 12. The molecular weight excluding hydrogens is 871 g/mol. The van der Waals surface area contributed by atoms with E-state index in [1.54, 1.807) is 0 Å². The molecule has 0 bridgehead atoms. The summed E-state index contributed by atoms with van der Waals surface area (Å²) in [5, 5.41) is 5.36. The van der Waals surface area contributed by atoms with Crippen LogP contribution in [0.25, 0.3) is 21.5 Å². The minimum Gasteiger partial charge on any atom is -0.344 e. The molecular formula is C69H68N3+. The second-order valence-corrected chi connectivity index (χ2v) is 21.4. The first-order valence-corrected chi connectivity index (χ1v) is 26.4. The Labute approximate surface area is 428 Å². The third-order valence-electron chi connectivity index (χ3n) is 15.9. The van der Waals surface area contributed by atoms with E-state index in [4.69, 9.17) is 0 Å². The van der Waals surface area contributed by atoms with Crippen LogP contribution < -0.4 is 14.4 Å². The number of anilines is 2. The van der Waals surface area contributed by atoms with Gasteiger partial charge in [0.1, 0.15) is 0 Å². The quantitative estimate of drug-likeness (QED) is 0.113. The molecule has 0 aromatic heterocycles. The van der Waals surface area contributed by atoms with Crippen LogP contribution in [0.2, 0.25) is 0 Å². The normalized spacial score (nSPS) is 18.1. The molecule has 0 atom stereocenters. The van der Waals surface area contributed by atoms with Gasteiger partial charge in [0.15, 0.2) is 0 Å². The number of hydrogen-bond acceptors (Lipinski definition) is 2. The molecule has 3 heteroatoms. The van der Waals surface area contributed by atoms with Gasteiger partial charge < -0.3 is 9.80 Å². The summed E-state index contributed by atoms with van der Waals surface area (Å²) in [6, 6.07) is 67.3. The van der Waals surface area contributed by atoms with Gasteiger partial charge in [-0.2, -0.15) is 4.58 Å².